The van der Waals surface area contributed by atoms with E-state index >= 15 is 0 Å². The summed E-state index contributed by atoms with van der Waals surface area (Å²) in [5.41, 5.74) is 28.3. The highest BCUT2D eigenvalue weighted by Crippen LogP contribution is 2.57. The molecular formula is C66H49N3. The predicted octanol–water partition coefficient (Wildman–Crippen LogP) is 15.9. The van der Waals surface area contributed by atoms with Crippen molar-refractivity contribution in [2.75, 3.05) is 4.90 Å². The summed E-state index contributed by atoms with van der Waals surface area (Å²) in [6.45, 7) is 0. The van der Waals surface area contributed by atoms with Crippen molar-refractivity contribution in [3.05, 3.63) is 317 Å². The normalized spacial score (nSPS) is 14.3. The molecule has 0 saturated carbocycles. The van der Waals surface area contributed by atoms with Gasteiger partial charge in [0.2, 0.25) is 0 Å². The molecule has 0 fully saturated rings. The number of fused-ring (bicyclic) bond motifs is 4. The van der Waals surface area contributed by atoms with Gasteiger partial charge in [-0.05, 0) is 109 Å². The lowest BCUT2D eigenvalue weighted by Crippen LogP contribution is -2.28. The van der Waals surface area contributed by atoms with E-state index in [1.807, 2.05) is 6.07 Å². The number of nitrogens with two attached hydrogens (primary N) is 1. The summed E-state index contributed by atoms with van der Waals surface area (Å²) in [5, 5.41) is 3.93. The number of benzene rings is 10. The summed E-state index contributed by atoms with van der Waals surface area (Å²) in [4.78, 5) is 2.42. The summed E-state index contributed by atoms with van der Waals surface area (Å²) in [6.07, 6.45) is 2.29. The number of rotatable bonds is 10. The van der Waals surface area contributed by atoms with Crippen molar-refractivity contribution in [2.24, 2.45) is 5.73 Å². The number of nitrogens with zero attached hydrogens (tertiary/aromatic N) is 1. The first kappa shape index (κ1) is 41.7. The van der Waals surface area contributed by atoms with Crippen LogP contribution < -0.4 is 16.0 Å². The number of hydrogen-bond acceptors (Lipinski definition) is 3. The molecule has 12 rings (SSSR count). The maximum atomic E-state index is 7.38. The Kier molecular flexibility index (Phi) is 10.7. The zero-order chi connectivity index (χ0) is 46.2. The SMILES string of the molecule is NC(/C(=C1\NC(c2ccccc2)=Cc2cc(N(c3ccc(-c4ccccc4)cc3)c3ccc4c(c3)C(c3ccccc3)(c3ccccc3)c3ccccc3-4)ccc21)c1ccccc1)c1ccccc1. The fraction of sp³-hybridized carbons (Fsp3) is 0.0303. The van der Waals surface area contributed by atoms with Gasteiger partial charge >= 0.3 is 0 Å². The average Bonchev–Trinajstić information content (AvgIpc) is 3.73. The summed E-state index contributed by atoms with van der Waals surface area (Å²) in [7, 11) is 0. The molecule has 0 radical (unpaired) electrons. The summed E-state index contributed by atoms with van der Waals surface area (Å²) in [6, 6.07) is 95.8. The van der Waals surface area contributed by atoms with Crippen LogP contribution in [0.2, 0.25) is 0 Å². The molecule has 3 nitrogen and oxygen atoms in total. The fourth-order valence-corrected chi connectivity index (χ4v) is 10.8. The minimum atomic E-state index is -0.548. The van der Waals surface area contributed by atoms with E-state index in [0.29, 0.717) is 0 Å². The second-order valence-electron chi connectivity index (χ2n) is 17.9. The molecule has 0 spiro atoms. The molecule has 1 aliphatic heterocycles. The highest BCUT2D eigenvalue weighted by atomic mass is 15.1. The Morgan fingerprint density at radius 1 is 0.406 bits per heavy atom. The van der Waals surface area contributed by atoms with Gasteiger partial charge in [0.1, 0.15) is 0 Å². The van der Waals surface area contributed by atoms with Gasteiger partial charge in [-0.1, -0.05) is 231 Å². The molecular weight excluding hydrogens is 835 g/mol. The smallest absolute Gasteiger partial charge is 0.0714 e. The van der Waals surface area contributed by atoms with E-state index in [9.17, 15) is 0 Å². The largest absolute Gasteiger partial charge is 0.354 e. The molecule has 1 aliphatic carbocycles. The minimum absolute atomic E-state index is 0.400. The van der Waals surface area contributed by atoms with Gasteiger partial charge in [0.25, 0.3) is 0 Å². The van der Waals surface area contributed by atoms with Gasteiger partial charge in [-0.15, -0.1) is 0 Å². The van der Waals surface area contributed by atoms with Crippen molar-refractivity contribution in [3.8, 4) is 22.3 Å². The summed E-state index contributed by atoms with van der Waals surface area (Å²) in [5.74, 6) is 0. The lowest BCUT2D eigenvalue weighted by atomic mass is 9.67. The molecule has 3 N–H and O–H groups in total. The monoisotopic (exact) mass is 883 g/mol. The van der Waals surface area contributed by atoms with Gasteiger partial charge in [0, 0.05) is 33.9 Å². The van der Waals surface area contributed by atoms with Crippen LogP contribution in [0.4, 0.5) is 17.1 Å². The van der Waals surface area contributed by atoms with E-state index in [1.54, 1.807) is 0 Å². The van der Waals surface area contributed by atoms with Crippen molar-refractivity contribution in [1.82, 2.24) is 5.32 Å². The standard InChI is InChI=1S/C66H49N3/c67-64(50-27-13-4-14-28-50)63(49-25-11-3-12-26-49)65-57-41-39-55(43-51(57)44-62(68-65)48-23-9-2-10-24-48)69(54-37-35-47(36-38-54)46-21-7-1-8-22-46)56-40-42-59-58-33-19-20-34-60(58)66(61(59)45-56,52-29-15-5-16-30-52)53-31-17-6-18-32-53/h1-45,64,68H,67H2/b65-63-. The highest BCUT2D eigenvalue weighted by molar-refractivity contribution is 6.04. The van der Waals surface area contributed by atoms with Crippen LogP contribution in [0, 0.1) is 0 Å². The summed E-state index contributed by atoms with van der Waals surface area (Å²) >= 11 is 0. The minimum Gasteiger partial charge on any atom is -0.354 e. The van der Waals surface area contributed by atoms with Crippen LogP contribution in [-0.2, 0) is 5.41 Å². The second kappa shape index (κ2) is 17.8. The molecule has 0 amide bonds. The van der Waals surface area contributed by atoms with Crippen LogP contribution in [0.3, 0.4) is 0 Å². The van der Waals surface area contributed by atoms with Crippen LogP contribution >= 0.6 is 0 Å². The first-order valence-corrected chi connectivity index (χ1v) is 23.7. The van der Waals surface area contributed by atoms with Crippen LogP contribution in [0.25, 0.3) is 45.3 Å². The molecule has 328 valence electrons. The maximum absolute atomic E-state index is 7.38. The van der Waals surface area contributed by atoms with Gasteiger partial charge in [-0.2, -0.15) is 0 Å². The molecule has 10 aromatic rings. The van der Waals surface area contributed by atoms with Crippen molar-refractivity contribution in [2.45, 2.75) is 11.5 Å². The zero-order valence-corrected chi connectivity index (χ0v) is 38.1. The van der Waals surface area contributed by atoms with E-state index in [4.69, 9.17) is 5.73 Å². The van der Waals surface area contributed by atoms with Gasteiger partial charge in [-0.25, -0.2) is 0 Å². The Morgan fingerprint density at radius 3 is 1.52 bits per heavy atom. The average molecular weight is 884 g/mol. The first-order valence-electron chi connectivity index (χ1n) is 23.7. The van der Waals surface area contributed by atoms with Crippen LogP contribution in [0.15, 0.2) is 267 Å². The lowest BCUT2D eigenvalue weighted by Gasteiger charge is -2.35. The van der Waals surface area contributed by atoms with Crippen molar-refractivity contribution in [3.63, 3.8) is 0 Å². The van der Waals surface area contributed by atoms with E-state index < -0.39 is 11.5 Å². The van der Waals surface area contributed by atoms with E-state index in [1.165, 1.54) is 44.5 Å². The molecule has 10 aromatic carbocycles. The molecule has 0 saturated heterocycles. The van der Waals surface area contributed by atoms with Gasteiger partial charge in [0.15, 0.2) is 0 Å². The second-order valence-corrected chi connectivity index (χ2v) is 17.9. The molecule has 1 atom stereocenters. The van der Waals surface area contributed by atoms with Gasteiger partial charge < -0.3 is 16.0 Å². The van der Waals surface area contributed by atoms with Crippen LogP contribution in [-0.4, -0.2) is 0 Å². The Morgan fingerprint density at radius 2 is 0.884 bits per heavy atom. The highest BCUT2D eigenvalue weighted by Gasteiger charge is 2.46. The number of anilines is 3. The molecule has 1 heterocycles. The molecule has 0 bridgehead atoms. The third-order valence-corrected chi connectivity index (χ3v) is 14.0. The third kappa shape index (κ3) is 7.37. The van der Waals surface area contributed by atoms with E-state index in [2.05, 4.69) is 277 Å². The molecule has 3 heteroatoms. The van der Waals surface area contributed by atoms with Crippen molar-refractivity contribution in [1.29, 1.82) is 0 Å². The number of hydrogen-bond donors (Lipinski definition) is 2. The van der Waals surface area contributed by atoms with Crippen LogP contribution in [0.5, 0.6) is 0 Å². The van der Waals surface area contributed by atoms with E-state index in [-0.39, 0.29) is 0 Å². The van der Waals surface area contributed by atoms with E-state index in [0.717, 1.165) is 61.8 Å². The molecule has 69 heavy (non-hydrogen) atoms. The van der Waals surface area contributed by atoms with Crippen LogP contribution in [0.1, 0.15) is 56.1 Å². The third-order valence-electron chi connectivity index (χ3n) is 14.0. The topological polar surface area (TPSA) is 41.3 Å². The van der Waals surface area contributed by atoms with Gasteiger partial charge in [-0.3, -0.25) is 0 Å². The molecule has 1 unspecified atom stereocenters. The van der Waals surface area contributed by atoms with Gasteiger partial charge in [0.05, 0.1) is 17.2 Å². The quantitative estimate of drug-likeness (QED) is 0.144. The predicted molar refractivity (Wildman–Crippen MR) is 288 cm³/mol. The van der Waals surface area contributed by atoms with Crippen molar-refractivity contribution >= 4 is 40.1 Å². The Bertz CT molecular complexity index is 3450. The Labute approximate surface area is 404 Å². The summed E-state index contributed by atoms with van der Waals surface area (Å²) < 4.78 is 0. The fourth-order valence-electron chi connectivity index (χ4n) is 10.8. The molecule has 0 aromatic heterocycles. The zero-order valence-electron chi connectivity index (χ0n) is 38.1. The number of nitrogens with one attached hydrogen (secondary N) is 1. The first-order chi connectivity index (χ1) is 34.1. The lowest BCUT2D eigenvalue weighted by molar-refractivity contribution is 0.768. The Hall–Kier alpha value is -8.76. The Balaban J connectivity index is 1.10. The molecule has 2 aliphatic rings. The van der Waals surface area contributed by atoms with Crippen molar-refractivity contribution < 1.29 is 0 Å². The maximum Gasteiger partial charge on any atom is 0.0714 e.